The summed E-state index contributed by atoms with van der Waals surface area (Å²) in [6.07, 6.45) is 6.94. The van der Waals surface area contributed by atoms with Crippen molar-refractivity contribution in [2.24, 2.45) is 0 Å². The molecule has 0 radical (unpaired) electrons. The van der Waals surface area contributed by atoms with Gasteiger partial charge in [-0.2, -0.15) is 0 Å². The van der Waals surface area contributed by atoms with Crippen LogP contribution in [0, 0.1) is 0 Å². The Morgan fingerprint density at radius 2 is 1.52 bits per heavy atom. The summed E-state index contributed by atoms with van der Waals surface area (Å²) in [5.74, 6) is 0.0176. The molecule has 0 unspecified atom stereocenters. The van der Waals surface area contributed by atoms with Crippen LogP contribution in [0.2, 0.25) is 0 Å². The highest BCUT2D eigenvalue weighted by atomic mass is 32.2. The minimum Gasteiger partial charge on any atom is -0.378 e. The molecule has 4 heterocycles. The predicted molar refractivity (Wildman–Crippen MR) is 186 cm³/mol. The predicted octanol–water partition coefficient (Wildman–Crippen LogP) is 4.28. The number of morpholine rings is 1. The van der Waals surface area contributed by atoms with Crippen LogP contribution in [0.4, 0.5) is 21.9 Å². The molecule has 3 amide bonds. The summed E-state index contributed by atoms with van der Waals surface area (Å²) < 4.78 is 7.88. The van der Waals surface area contributed by atoms with Gasteiger partial charge in [-0.1, -0.05) is 6.92 Å². The van der Waals surface area contributed by atoms with Crippen LogP contribution < -0.4 is 20.3 Å². The average Bonchev–Trinajstić information content (AvgIpc) is 3.35. The van der Waals surface area contributed by atoms with Crippen LogP contribution in [0.5, 0.6) is 0 Å². The Hall–Kier alpha value is -3.71. The number of hydrogen-bond acceptors (Lipinski definition) is 9. The lowest BCUT2D eigenvalue weighted by atomic mass is 10.1. The molecular weight excluding hydrogens is 600 g/mol. The first-order valence-corrected chi connectivity index (χ1v) is 17.3. The molecule has 12 heteroatoms. The minimum absolute atomic E-state index is 0.0176. The summed E-state index contributed by atoms with van der Waals surface area (Å²) in [6, 6.07) is 14.7. The number of carbonyl (C=O) groups excluding carboxylic acids is 2. The molecule has 3 saturated heterocycles. The number of anilines is 3. The minimum atomic E-state index is -0.334. The molecule has 0 aliphatic carbocycles. The van der Waals surface area contributed by atoms with Gasteiger partial charge in [0.2, 0.25) is 0 Å². The Kier molecular flexibility index (Phi) is 11.0. The monoisotopic (exact) mass is 646 g/mol. The summed E-state index contributed by atoms with van der Waals surface area (Å²) >= 11 is 1.73. The van der Waals surface area contributed by atoms with E-state index in [1.54, 1.807) is 36.2 Å². The standard InChI is InChI=1S/C34H46N8O3S/c1-2-14-38-15-3-16-39(20-19-38)31-25-32(40-21-23-45-24-22-40)46-42(26-31)30-10-8-29(9-11-30)37-34(44)36-28-6-4-27(5-7-28)33(43)41-17-12-35-13-18-41/h4-11,25-26,35H,2-3,12-24H2,1H3,(H2,36,37,44). The maximum Gasteiger partial charge on any atom is 0.323 e. The van der Waals surface area contributed by atoms with Crippen LogP contribution in [0.15, 0.2) is 71.5 Å². The second kappa shape index (κ2) is 15.7. The molecular formula is C34H46N8O3S. The van der Waals surface area contributed by atoms with Crippen molar-refractivity contribution in [3.8, 4) is 0 Å². The van der Waals surface area contributed by atoms with Gasteiger partial charge < -0.3 is 40.3 Å². The smallest absolute Gasteiger partial charge is 0.323 e. The lowest BCUT2D eigenvalue weighted by Gasteiger charge is -2.37. The highest BCUT2D eigenvalue weighted by molar-refractivity contribution is 8.04. The van der Waals surface area contributed by atoms with Crippen LogP contribution >= 0.6 is 11.9 Å². The fourth-order valence-corrected chi connectivity index (χ4v) is 7.23. The molecule has 3 fully saturated rings. The Morgan fingerprint density at radius 3 is 2.22 bits per heavy atom. The summed E-state index contributed by atoms with van der Waals surface area (Å²) in [6.45, 7) is 14.0. The van der Waals surface area contributed by atoms with Crippen molar-refractivity contribution in [1.82, 2.24) is 24.9 Å². The van der Waals surface area contributed by atoms with Gasteiger partial charge in [-0.05, 0) is 80.5 Å². The highest BCUT2D eigenvalue weighted by Gasteiger charge is 2.25. The molecule has 0 atom stereocenters. The Labute approximate surface area is 276 Å². The fraction of sp³-hybridized carbons (Fsp3) is 0.471. The van der Waals surface area contributed by atoms with E-state index in [4.69, 9.17) is 4.74 Å². The molecule has 4 aliphatic heterocycles. The molecule has 246 valence electrons. The van der Waals surface area contributed by atoms with Gasteiger partial charge in [0.25, 0.3) is 5.91 Å². The molecule has 2 aromatic carbocycles. The second-order valence-corrected chi connectivity index (χ2v) is 13.0. The molecule has 0 bridgehead atoms. The first-order chi connectivity index (χ1) is 22.6. The number of hydrogen-bond donors (Lipinski definition) is 3. The van der Waals surface area contributed by atoms with E-state index in [-0.39, 0.29) is 11.9 Å². The van der Waals surface area contributed by atoms with Crippen LogP contribution in [0.1, 0.15) is 30.1 Å². The van der Waals surface area contributed by atoms with Gasteiger partial charge in [0, 0.05) is 94.0 Å². The third kappa shape index (κ3) is 8.35. The van der Waals surface area contributed by atoms with Gasteiger partial charge in [-0.25, -0.2) is 4.79 Å². The number of amides is 3. The van der Waals surface area contributed by atoms with Gasteiger partial charge in [-0.3, -0.25) is 9.10 Å². The number of carbonyl (C=O) groups is 2. The quantitative estimate of drug-likeness (QED) is 0.364. The van der Waals surface area contributed by atoms with Gasteiger partial charge in [-0.15, -0.1) is 0 Å². The lowest BCUT2D eigenvalue weighted by molar-refractivity contribution is 0.0575. The number of rotatable bonds is 8. The summed E-state index contributed by atoms with van der Waals surface area (Å²) in [5.41, 5.74) is 4.23. The van der Waals surface area contributed by atoms with E-state index in [1.165, 1.54) is 17.1 Å². The van der Waals surface area contributed by atoms with E-state index < -0.39 is 0 Å². The number of benzene rings is 2. The van der Waals surface area contributed by atoms with Gasteiger partial charge >= 0.3 is 6.03 Å². The Morgan fingerprint density at radius 1 is 0.826 bits per heavy atom. The van der Waals surface area contributed by atoms with Gasteiger partial charge in [0.15, 0.2) is 0 Å². The number of ether oxygens (including phenoxy) is 1. The van der Waals surface area contributed by atoms with Crippen molar-refractivity contribution in [1.29, 1.82) is 0 Å². The van der Waals surface area contributed by atoms with E-state index in [9.17, 15) is 9.59 Å². The van der Waals surface area contributed by atoms with Crippen molar-refractivity contribution in [3.63, 3.8) is 0 Å². The SMILES string of the molecule is CCCN1CCCN(C2=CN(c3ccc(NC(=O)Nc4ccc(C(=O)N5CCNCC5)cc4)cc3)SC(N3CCOCC3)=C2)CC1. The van der Waals surface area contributed by atoms with Gasteiger partial charge in [0.05, 0.1) is 29.6 Å². The number of nitrogens with zero attached hydrogens (tertiary/aromatic N) is 5. The van der Waals surface area contributed by atoms with Gasteiger partial charge in [0.1, 0.15) is 0 Å². The van der Waals surface area contributed by atoms with Crippen molar-refractivity contribution in [2.75, 3.05) is 100 Å². The summed E-state index contributed by atoms with van der Waals surface area (Å²) in [5, 5.41) is 10.3. The first-order valence-electron chi connectivity index (χ1n) is 16.5. The Balaban J connectivity index is 1.09. The molecule has 6 rings (SSSR count). The van der Waals surface area contributed by atoms with Crippen molar-refractivity contribution in [3.05, 3.63) is 77.1 Å². The Bertz CT molecular complexity index is 1390. The van der Waals surface area contributed by atoms with E-state index in [0.29, 0.717) is 30.0 Å². The molecule has 4 aliphatic rings. The summed E-state index contributed by atoms with van der Waals surface area (Å²) in [4.78, 5) is 34.9. The van der Waals surface area contributed by atoms with Crippen LogP contribution in [-0.4, -0.2) is 117 Å². The molecule has 2 aromatic rings. The lowest BCUT2D eigenvalue weighted by Crippen LogP contribution is -2.46. The van der Waals surface area contributed by atoms with E-state index in [1.807, 2.05) is 29.2 Å². The highest BCUT2D eigenvalue weighted by Crippen LogP contribution is 2.37. The zero-order chi connectivity index (χ0) is 31.7. The fourth-order valence-electron chi connectivity index (χ4n) is 6.17. The van der Waals surface area contributed by atoms with Crippen molar-refractivity contribution >= 4 is 40.9 Å². The molecule has 0 saturated carbocycles. The largest absolute Gasteiger partial charge is 0.378 e. The molecule has 0 aromatic heterocycles. The molecule has 11 nitrogen and oxygen atoms in total. The van der Waals surface area contributed by atoms with Crippen LogP contribution in [-0.2, 0) is 4.74 Å². The third-order valence-corrected chi connectivity index (χ3v) is 9.78. The normalized spacial score (nSPS) is 19.7. The number of piperazine rings is 1. The van der Waals surface area contributed by atoms with Crippen LogP contribution in [0.25, 0.3) is 0 Å². The number of nitrogens with one attached hydrogen (secondary N) is 3. The van der Waals surface area contributed by atoms with E-state index in [2.05, 4.69) is 54.2 Å². The summed E-state index contributed by atoms with van der Waals surface area (Å²) in [7, 11) is 0. The third-order valence-electron chi connectivity index (χ3n) is 8.70. The first kappa shape index (κ1) is 32.2. The molecule has 3 N–H and O–H groups in total. The van der Waals surface area contributed by atoms with Crippen molar-refractivity contribution in [2.45, 2.75) is 19.8 Å². The van der Waals surface area contributed by atoms with E-state index >= 15 is 0 Å². The number of urea groups is 1. The molecule has 0 spiro atoms. The van der Waals surface area contributed by atoms with Crippen molar-refractivity contribution < 1.29 is 14.3 Å². The maximum absolute atomic E-state index is 12.8. The number of allylic oxidation sites excluding steroid dienone is 1. The zero-order valence-corrected chi connectivity index (χ0v) is 27.6. The van der Waals surface area contributed by atoms with E-state index in [0.717, 1.165) is 84.2 Å². The topological polar surface area (TPSA) is 95.7 Å². The average molecular weight is 647 g/mol. The second-order valence-electron chi connectivity index (χ2n) is 12.0. The van der Waals surface area contributed by atoms with Crippen LogP contribution in [0.3, 0.4) is 0 Å². The molecule has 46 heavy (non-hydrogen) atoms. The zero-order valence-electron chi connectivity index (χ0n) is 26.7. The maximum atomic E-state index is 12.8.